The van der Waals surface area contributed by atoms with Gasteiger partial charge in [-0.1, -0.05) is 30.3 Å². The van der Waals surface area contributed by atoms with Gasteiger partial charge < -0.3 is 20.8 Å². The highest BCUT2D eigenvalue weighted by molar-refractivity contribution is 5.95. The second-order valence-electron chi connectivity index (χ2n) is 7.73. The highest BCUT2D eigenvalue weighted by Crippen LogP contribution is 2.19. The Bertz CT molecular complexity index is 1220. The quantitative estimate of drug-likeness (QED) is 0.222. The van der Waals surface area contributed by atoms with Crippen LogP contribution in [0.4, 0.5) is 0 Å². The molecule has 2 aromatic carbocycles. The smallest absolute Gasteiger partial charge is 0.311 e. The summed E-state index contributed by atoms with van der Waals surface area (Å²) in [5.74, 6) is -1.46. The maximum absolute atomic E-state index is 12.8. The number of amides is 1. The molecule has 5 N–H and O–H groups in total. The molecule has 1 aromatic heterocycles. The maximum atomic E-state index is 12.8. The van der Waals surface area contributed by atoms with Gasteiger partial charge in [0.2, 0.25) is 5.56 Å². The van der Waals surface area contributed by atoms with Gasteiger partial charge in [-0.15, -0.1) is 12.4 Å². The van der Waals surface area contributed by atoms with Crippen molar-refractivity contribution in [1.82, 2.24) is 10.3 Å². The molecule has 2 unspecified atom stereocenters. The molecule has 34 heavy (non-hydrogen) atoms. The number of nitrogen functional groups attached to an aromatic ring is 1. The van der Waals surface area contributed by atoms with Crippen molar-refractivity contribution in [1.29, 1.82) is 5.41 Å². The summed E-state index contributed by atoms with van der Waals surface area (Å²) in [7, 11) is 1.31. The third-order valence-electron chi connectivity index (χ3n) is 5.42. The molecular weight excluding hydrogens is 456 g/mol. The predicted octanol–water partition coefficient (Wildman–Crippen LogP) is 2.90. The van der Waals surface area contributed by atoms with Gasteiger partial charge in [-0.3, -0.25) is 19.8 Å². The van der Waals surface area contributed by atoms with E-state index in [2.05, 4.69) is 10.3 Å². The van der Waals surface area contributed by atoms with Crippen molar-refractivity contribution in [2.24, 2.45) is 11.7 Å². The molecule has 0 aliphatic heterocycles. The summed E-state index contributed by atoms with van der Waals surface area (Å²) < 4.78 is 4.96. The van der Waals surface area contributed by atoms with Crippen molar-refractivity contribution in [2.45, 2.75) is 19.4 Å². The highest BCUT2D eigenvalue weighted by atomic mass is 35.5. The number of benzene rings is 2. The Labute approximate surface area is 203 Å². The molecule has 0 spiro atoms. The second-order valence-corrected chi connectivity index (χ2v) is 7.73. The molecule has 0 aliphatic carbocycles. The number of aromatic nitrogens is 1. The Hall–Kier alpha value is -3.91. The molecule has 2 atom stereocenters. The van der Waals surface area contributed by atoms with Crippen LogP contribution < -0.4 is 16.6 Å². The third-order valence-corrected chi connectivity index (χ3v) is 5.42. The number of aromatic amines is 1. The first-order chi connectivity index (χ1) is 15.8. The van der Waals surface area contributed by atoms with E-state index >= 15 is 0 Å². The van der Waals surface area contributed by atoms with Gasteiger partial charge in [-0.2, -0.15) is 0 Å². The van der Waals surface area contributed by atoms with Gasteiger partial charge in [0.25, 0.3) is 5.91 Å². The molecule has 1 heterocycles. The van der Waals surface area contributed by atoms with E-state index in [1.54, 1.807) is 61.7 Å². The van der Waals surface area contributed by atoms with Gasteiger partial charge in [0.05, 0.1) is 13.0 Å². The zero-order valence-electron chi connectivity index (χ0n) is 18.8. The summed E-state index contributed by atoms with van der Waals surface area (Å²) in [6.45, 7) is 1.75. The number of H-pyrrole nitrogens is 1. The van der Waals surface area contributed by atoms with Crippen molar-refractivity contribution in [3.05, 3.63) is 93.9 Å². The number of hydrogen-bond donors (Lipinski definition) is 4. The zero-order chi connectivity index (χ0) is 24.0. The van der Waals surface area contributed by atoms with Gasteiger partial charge >= 0.3 is 5.97 Å². The van der Waals surface area contributed by atoms with Crippen molar-refractivity contribution in [3.63, 3.8) is 0 Å². The summed E-state index contributed by atoms with van der Waals surface area (Å²) >= 11 is 0. The fourth-order valence-electron chi connectivity index (χ4n) is 3.56. The summed E-state index contributed by atoms with van der Waals surface area (Å²) in [6.07, 6.45) is 1.88. The Morgan fingerprint density at radius 2 is 1.76 bits per heavy atom. The van der Waals surface area contributed by atoms with Crippen molar-refractivity contribution >= 4 is 30.1 Å². The number of esters is 1. The average Bonchev–Trinajstić information content (AvgIpc) is 2.82. The molecule has 0 saturated heterocycles. The molecule has 0 saturated carbocycles. The van der Waals surface area contributed by atoms with E-state index in [1.165, 1.54) is 13.2 Å². The zero-order valence-corrected chi connectivity index (χ0v) is 19.6. The van der Waals surface area contributed by atoms with E-state index in [4.69, 9.17) is 15.9 Å². The molecule has 0 bridgehead atoms. The number of pyridine rings is 1. The summed E-state index contributed by atoms with van der Waals surface area (Å²) in [4.78, 5) is 39.3. The summed E-state index contributed by atoms with van der Waals surface area (Å²) in [5.41, 5.74) is 8.71. The summed E-state index contributed by atoms with van der Waals surface area (Å²) in [6, 6.07) is 16.7. The van der Waals surface area contributed by atoms with Crippen LogP contribution in [0, 0.1) is 11.3 Å². The first-order valence-corrected chi connectivity index (χ1v) is 10.4. The van der Waals surface area contributed by atoms with Crippen molar-refractivity contribution < 1.29 is 14.3 Å². The molecule has 3 aromatic rings. The topological polar surface area (TPSA) is 138 Å². The molecule has 8 nitrogen and oxygen atoms in total. The number of carbonyl (C=O) groups is 2. The Morgan fingerprint density at radius 1 is 1.06 bits per heavy atom. The van der Waals surface area contributed by atoms with Gasteiger partial charge in [-0.05, 0) is 54.3 Å². The lowest BCUT2D eigenvalue weighted by atomic mass is 9.92. The van der Waals surface area contributed by atoms with E-state index in [9.17, 15) is 14.4 Å². The molecule has 0 radical (unpaired) electrons. The second kappa shape index (κ2) is 11.8. The number of nitrogens with one attached hydrogen (secondary N) is 3. The van der Waals surface area contributed by atoms with E-state index in [0.717, 1.165) is 16.7 Å². The van der Waals surface area contributed by atoms with Crippen LogP contribution >= 0.6 is 12.4 Å². The Kier molecular flexibility index (Phi) is 9.15. The van der Waals surface area contributed by atoms with Crippen LogP contribution in [0.15, 0.2) is 71.7 Å². The van der Waals surface area contributed by atoms with Crippen LogP contribution in [0.2, 0.25) is 0 Å². The fourth-order valence-corrected chi connectivity index (χ4v) is 3.56. The van der Waals surface area contributed by atoms with Gasteiger partial charge in [0.1, 0.15) is 5.84 Å². The van der Waals surface area contributed by atoms with Crippen LogP contribution in [-0.2, 0) is 16.0 Å². The largest absolute Gasteiger partial charge is 0.469 e. The van der Waals surface area contributed by atoms with E-state index in [0.29, 0.717) is 17.5 Å². The SMILES string of the molecule is COC(=O)C(Cc1cccc(C(=N)N)c1)C(C)NC(=O)c1ccc(-c2cc[nH]c(=O)c2)cc1.Cl. The lowest BCUT2D eigenvalue weighted by Crippen LogP contribution is -2.42. The molecule has 3 rings (SSSR count). The number of methoxy groups -OCH3 is 1. The third kappa shape index (κ3) is 6.55. The Balaban J connectivity index is 0.00000408. The van der Waals surface area contributed by atoms with E-state index in [1.807, 2.05) is 6.07 Å². The minimum Gasteiger partial charge on any atom is -0.469 e. The van der Waals surface area contributed by atoms with Crippen LogP contribution in [0.25, 0.3) is 11.1 Å². The number of nitrogens with two attached hydrogens (primary N) is 1. The Morgan fingerprint density at radius 3 is 2.38 bits per heavy atom. The lowest BCUT2D eigenvalue weighted by Gasteiger charge is -2.23. The minimum atomic E-state index is -0.628. The number of hydrogen-bond acceptors (Lipinski definition) is 5. The monoisotopic (exact) mass is 482 g/mol. The number of rotatable bonds is 8. The van der Waals surface area contributed by atoms with Crippen LogP contribution in [-0.4, -0.2) is 35.8 Å². The fraction of sp³-hybridized carbons (Fsp3) is 0.200. The number of amidine groups is 1. The van der Waals surface area contributed by atoms with Crippen LogP contribution in [0.1, 0.15) is 28.4 Å². The standard InChI is InChI=1S/C25H26N4O4.ClH/c1-15(21(25(32)33-2)13-16-4-3-5-20(12-16)23(26)27)29-24(31)18-8-6-17(7-9-18)19-10-11-28-22(30)14-19;/h3-12,14-15,21H,13H2,1-2H3,(H3,26,27)(H,28,30)(H,29,31);1H. The van der Waals surface area contributed by atoms with Gasteiger partial charge in [0, 0.05) is 29.4 Å². The average molecular weight is 483 g/mol. The molecule has 178 valence electrons. The van der Waals surface area contributed by atoms with Crippen LogP contribution in [0.5, 0.6) is 0 Å². The maximum Gasteiger partial charge on any atom is 0.311 e. The number of carbonyl (C=O) groups excluding carboxylic acids is 2. The first kappa shape index (κ1) is 26.3. The lowest BCUT2D eigenvalue weighted by molar-refractivity contribution is -0.146. The normalized spacial score (nSPS) is 12.1. The first-order valence-electron chi connectivity index (χ1n) is 10.4. The molecule has 0 aliphatic rings. The van der Waals surface area contributed by atoms with Crippen LogP contribution in [0.3, 0.4) is 0 Å². The highest BCUT2D eigenvalue weighted by Gasteiger charge is 2.28. The van der Waals surface area contributed by atoms with Gasteiger partial charge in [-0.25, -0.2) is 0 Å². The van der Waals surface area contributed by atoms with Crippen molar-refractivity contribution in [2.75, 3.05) is 7.11 Å². The molecule has 1 amide bonds. The number of halogens is 1. The predicted molar refractivity (Wildman–Crippen MR) is 133 cm³/mol. The van der Waals surface area contributed by atoms with E-state index < -0.39 is 17.9 Å². The van der Waals surface area contributed by atoms with Crippen molar-refractivity contribution in [3.8, 4) is 11.1 Å². The number of ether oxygens (including phenoxy) is 1. The summed E-state index contributed by atoms with van der Waals surface area (Å²) in [5, 5.41) is 10.5. The van der Waals surface area contributed by atoms with Gasteiger partial charge in [0.15, 0.2) is 0 Å². The molecule has 0 fully saturated rings. The van der Waals surface area contributed by atoms with E-state index in [-0.39, 0.29) is 29.7 Å². The molecular formula is C25H27ClN4O4. The molecule has 9 heteroatoms. The minimum absolute atomic E-state index is 0.